The maximum atomic E-state index is 15.1. The van der Waals surface area contributed by atoms with Gasteiger partial charge in [-0.15, -0.1) is 0 Å². The quantitative estimate of drug-likeness (QED) is 0.200. The predicted molar refractivity (Wildman–Crippen MR) is 93.3 cm³/mol. The topological polar surface area (TPSA) is 257 Å². The normalized spacial score (nSPS) is 31.1. The standard InChI is InChI=1S/C10H16F2N3O14P3/c1-4(27-31(22,23)29-32(24,25)28-30(19,20)21)6-7(17)10(12,3-11)8(26-6)15-9(18)14-5(16)2-13-15/h2,4,6-8,17H,3H2,1H3,(H,22,23)(H,24,25)(H,14,16,18)(H2,19,20,21)/t4-,6-,7+,8-,10?/m1/s1. The zero-order valence-corrected chi connectivity index (χ0v) is 18.2. The monoisotopic (exact) mass is 533 g/mol. The van der Waals surface area contributed by atoms with Crippen molar-refractivity contribution in [1.82, 2.24) is 14.8 Å². The molecule has 2 rings (SSSR count). The van der Waals surface area contributed by atoms with Gasteiger partial charge in [-0.25, -0.2) is 27.3 Å². The number of H-pyrrole nitrogens is 1. The molecule has 0 amide bonds. The van der Waals surface area contributed by atoms with Crippen molar-refractivity contribution >= 4 is 23.5 Å². The smallest absolute Gasteiger partial charge is 0.387 e. The van der Waals surface area contributed by atoms with E-state index in [-0.39, 0.29) is 4.68 Å². The Balaban J connectivity index is 2.26. The van der Waals surface area contributed by atoms with Crippen molar-refractivity contribution in [2.45, 2.75) is 37.1 Å². The number of phosphoric ester groups is 1. The zero-order valence-electron chi connectivity index (χ0n) is 15.5. The number of nitrogens with one attached hydrogen (secondary N) is 1. The van der Waals surface area contributed by atoms with Crippen molar-refractivity contribution in [3.05, 3.63) is 27.0 Å². The fraction of sp³-hybridized carbons (Fsp3) is 0.700. The third kappa shape index (κ3) is 6.22. The van der Waals surface area contributed by atoms with E-state index in [2.05, 4.69) is 18.2 Å². The van der Waals surface area contributed by atoms with Gasteiger partial charge in [0.1, 0.15) is 25.1 Å². The van der Waals surface area contributed by atoms with E-state index in [0.29, 0.717) is 6.20 Å². The van der Waals surface area contributed by atoms with E-state index in [9.17, 15) is 37.7 Å². The van der Waals surface area contributed by atoms with Gasteiger partial charge in [0.15, 0.2) is 6.23 Å². The Morgan fingerprint density at radius 3 is 2.34 bits per heavy atom. The van der Waals surface area contributed by atoms with Crippen LogP contribution < -0.4 is 11.2 Å². The van der Waals surface area contributed by atoms with Crippen molar-refractivity contribution in [3.8, 4) is 0 Å². The van der Waals surface area contributed by atoms with Crippen molar-refractivity contribution in [2.24, 2.45) is 0 Å². The molecule has 6 N–H and O–H groups in total. The number of aliphatic hydroxyl groups is 1. The SMILES string of the molecule is C[C@@H](OP(=O)(O)OP(=O)(O)OP(=O)(O)O)[C@H]1O[C@@H](n2ncc(=O)[nH]c2=O)C(F)(CF)[C@H]1O. The van der Waals surface area contributed by atoms with Gasteiger partial charge in [-0.2, -0.15) is 18.4 Å². The molecular weight excluding hydrogens is 517 g/mol. The van der Waals surface area contributed by atoms with Gasteiger partial charge < -0.3 is 29.4 Å². The Morgan fingerprint density at radius 1 is 1.25 bits per heavy atom. The maximum absolute atomic E-state index is 15.1. The molecule has 184 valence electrons. The molecule has 1 aliphatic heterocycles. The van der Waals surface area contributed by atoms with Gasteiger partial charge >= 0.3 is 29.2 Å². The molecule has 7 atom stereocenters. The summed E-state index contributed by atoms with van der Waals surface area (Å²) in [6.07, 6.45) is -8.25. The largest absolute Gasteiger partial charge is 0.490 e. The molecule has 0 aliphatic carbocycles. The van der Waals surface area contributed by atoms with Crippen molar-refractivity contribution in [3.63, 3.8) is 0 Å². The molecule has 1 fully saturated rings. The van der Waals surface area contributed by atoms with Crippen LogP contribution in [0.25, 0.3) is 0 Å². The summed E-state index contributed by atoms with van der Waals surface area (Å²) in [5, 5.41) is 13.4. The molecule has 1 saturated heterocycles. The molecule has 1 aromatic heterocycles. The minimum absolute atomic E-state index is 0.141. The zero-order chi connectivity index (χ0) is 24.7. The second-order valence-electron chi connectivity index (χ2n) is 6.24. The van der Waals surface area contributed by atoms with Gasteiger partial charge in [0.2, 0.25) is 5.67 Å². The van der Waals surface area contributed by atoms with Crippen LogP contribution in [0.5, 0.6) is 0 Å². The highest BCUT2D eigenvalue weighted by molar-refractivity contribution is 7.66. The number of alkyl halides is 2. The molecule has 0 radical (unpaired) electrons. The number of ether oxygens (including phenoxy) is 1. The van der Waals surface area contributed by atoms with Crippen LogP contribution in [0.15, 0.2) is 15.8 Å². The summed E-state index contributed by atoms with van der Waals surface area (Å²) in [4.78, 5) is 60.2. The predicted octanol–water partition coefficient (Wildman–Crippen LogP) is -1.40. The number of halogens is 2. The van der Waals surface area contributed by atoms with Gasteiger partial charge in [-0.3, -0.25) is 14.3 Å². The van der Waals surface area contributed by atoms with E-state index in [1.54, 1.807) is 4.98 Å². The first-order valence-corrected chi connectivity index (χ1v) is 12.5. The van der Waals surface area contributed by atoms with Crippen LogP contribution in [0, 0.1) is 0 Å². The summed E-state index contributed by atoms with van der Waals surface area (Å²) >= 11 is 0. The fourth-order valence-electron chi connectivity index (χ4n) is 2.63. The minimum atomic E-state index is -5.87. The number of hydrogen-bond donors (Lipinski definition) is 6. The highest BCUT2D eigenvalue weighted by Crippen LogP contribution is 2.66. The number of aromatic nitrogens is 3. The van der Waals surface area contributed by atoms with E-state index in [1.165, 1.54) is 0 Å². The van der Waals surface area contributed by atoms with Crippen LogP contribution in [-0.4, -0.2) is 70.1 Å². The molecule has 0 aromatic carbocycles. The lowest BCUT2D eigenvalue weighted by Gasteiger charge is -2.26. The van der Waals surface area contributed by atoms with Gasteiger partial charge in [-0.05, 0) is 6.92 Å². The molecule has 3 unspecified atom stereocenters. The highest BCUT2D eigenvalue weighted by Gasteiger charge is 2.61. The molecular formula is C10H16F2N3O14P3. The second-order valence-corrected chi connectivity index (χ2v) is 10.6. The van der Waals surface area contributed by atoms with E-state index >= 15 is 4.39 Å². The molecule has 1 aromatic rings. The lowest BCUT2D eigenvalue weighted by molar-refractivity contribution is -0.0919. The molecule has 32 heavy (non-hydrogen) atoms. The number of aromatic amines is 1. The van der Waals surface area contributed by atoms with Crippen LogP contribution >= 0.6 is 23.5 Å². The average molecular weight is 533 g/mol. The Hall–Kier alpha value is -1.20. The van der Waals surface area contributed by atoms with Gasteiger partial charge in [0.05, 0.1) is 6.10 Å². The Labute approximate surface area is 175 Å². The number of hydrogen-bond acceptors (Lipinski definition) is 11. The highest BCUT2D eigenvalue weighted by atomic mass is 31.3. The van der Waals surface area contributed by atoms with Crippen LogP contribution in [0.4, 0.5) is 8.78 Å². The first-order valence-electron chi connectivity index (χ1n) is 7.99. The molecule has 0 spiro atoms. The number of rotatable bonds is 9. The van der Waals surface area contributed by atoms with Crippen molar-refractivity contribution < 1.29 is 65.0 Å². The van der Waals surface area contributed by atoms with Gasteiger partial charge in [-0.1, -0.05) is 0 Å². The summed E-state index contributed by atoms with van der Waals surface area (Å²) < 4.78 is 79.0. The number of aliphatic hydroxyl groups excluding tert-OH is 1. The summed E-state index contributed by atoms with van der Waals surface area (Å²) in [7, 11) is -17.2. The van der Waals surface area contributed by atoms with E-state index in [0.717, 1.165) is 6.92 Å². The molecule has 1 aliphatic rings. The second kappa shape index (κ2) is 9.21. The Bertz CT molecular complexity index is 1110. The molecule has 17 nitrogen and oxygen atoms in total. The summed E-state index contributed by atoms with van der Waals surface area (Å²) in [6.45, 7) is -1.14. The van der Waals surface area contributed by atoms with Gasteiger partial charge in [0, 0.05) is 0 Å². The maximum Gasteiger partial charge on any atom is 0.490 e. The summed E-state index contributed by atoms with van der Waals surface area (Å²) in [6, 6.07) is 0. The van der Waals surface area contributed by atoms with E-state index in [4.69, 9.17) is 19.4 Å². The Kier molecular flexibility index (Phi) is 7.79. The first kappa shape index (κ1) is 27.0. The molecule has 22 heteroatoms. The molecule has 0 bridgehead atoms. The number of nitrogens with zero attached hydrogens (tertiary/aromatic N) is 2. The lowest BCUT2D eigenvalue weighted by atomic mass is 9.95. The van der Waals surface area contributed by atoms with Crippen LogP contribution in [0.3, 0.4) is 0 Å². The Morgan fingerprint density at radius 2 is 1.84 bits per heavy atom. The molecule has 0 saturated carbocycles. The van der Waals surface area contributed by atoms with Gasteiger partial charge in [0.25, 0.3) is 5.56 Å². The minimum Gasteiger partial charge on any atom is -0.387 e. The van der Waals surface area contributed by atoms with Crippen molar-refractivity contribution in [2.75, 3.05) is 6.67 Å². The first-order chi connectivity index (χ1) is 14.4. The third-order valence-electron chi connectivity index (χ3n) is 3.84. The summed E-state index contributed by atoms with van der Waals surface area (Å²) in [5.74, 6) is 0. The van der Waals surface area contributed by atoms with Crippen LogP contribution in [-0.2, 0) is 31.6 Å². The average Bonchev–Trinajstić information content (AvgIpc) is 2.84. The van der Waals surface area contributed by atoms with E-state index < -0.39 is 71.6 Å². The molecule has 2 heterocycles. The van der Waals surface area contributed by atoms with Crippen LogP contribution in [0.2, 0.25) is 0 Å². The lowest BCUT2D eigenvalue weighted by Crippen LogP contribution is -2.49. The third-order valence-corrected chi connectivity index (χ3v) is 7.77. The number of phosphoric acid groups is 3. The summed E-state index contributed by atoms with van der Waals surface area (Å²) in [5.41, 5.74) is -5.73. The van der Waals surface area contributed by atoms with Crippen molar-refractivity contribution in [1.29, 1.82) is 0 Å². The van der Waals surface area contributed by atoms with E-state index in [1.807, 2.05) is 0 Å². The fourth-order valence-corrected chi connectivity index (χ4v) is 5.83. The van der Waals surface area contributed by atoms with Crippen LogP contribution in [0.1, 0.15) is 13.2 Å².